The highest BCUT2D eigenvalue weighted by Crippen LogP contribution is 2.18. The average Bonchev–Trinajstić information content (AvgIpc) is 2.46. The molecule has 1 atom stereocenters. The third kappa shape index (κ3) is 3.48. The summed E-state index contributed by atoms with van der Waals surface area (Å²) in [6, 6.07) is 11.3. The van der Waals surface area contributed by atoms with E-state index in [1.54, 1.807) is 0 Å². The van der Waals surface area contributed by atoms with Crippen LogP contribution in [-0.2, 0) is 0 Å². The molecule has 102 valence electrons. The van der Waals surface area contributed by atoms with Crippen molar-refractivity contribution in [3.63, 3.8) is 0 Å². The molecule has 1 aromatic rings. The Morgan fingerprint density at radius 2 is 1.79 bits per heavy atom. The van der Waals surface area contributed by atoms with Gasteiger partial charge < -0.3 is 4.90 Å². The molecule has 1 saturated heterocycles. The number of benzene rings is 1. The van der Waals surface area contributed by atoms with E-state index in [0.717, 1.165) is 39.0 Å². The molecule has 1 aromatic carbocycles. The molecule has 0 aromatic heterocycles. The van der Waals surface area contributed by atoms with E-state index in [1.807, 2.05) is 0 Å². The van der Waals surface area contributed by atoms with Crippen molar-refractivity contribution in [2.45, 2.75) is 32.7 Å². The van der Waals surface area contributed by atoms with Crippen LogP contribution in [0.2, 0.25) is 0 Å². The summed E-state index contributed by atoms with van der Waals surface area (Å²) < 4.78 is 0. The molecule has 1 fully saturated rings. The van der Waals surface area contributed by atoms with E-state index < -0.39 is 0 Å². The number of hydrogen-bond donors (Lipinski definition) is 0. The van der Waals surface area contributed by atoms with Gasteiger partial charge in [0, 0.05) is 31.9 Å². The molecule has 0 saturated carbocycles. The summed E-state index contributed by atoms with van der Waals surface area (Å²) in [5.74, 6) is 0. The van der Waals surface area contributed by atoms with E-state index in [1.165, 1.54) is 11.3 Å². The van der Waals surface area contributed by atoms with E-state index in [4.69, 9.17) is 0 Å². The Morgan fingerprint density at radius 3 is 2.32 bits per heavy atom. The number of hydrogen-bond acceptors (Lipinski definition) is 3. The standard InChI is InChI=1S/C16H23N3/c1-3-4-16(13-17)19-11-9-18(10-12-19)15-7-5-14(2)6-8-15/h5-8,16H,3-4,9-12H2,1-2H3. The Hall–Kier alpha value is -1.53. The lowest BCUT2D eigenvalue weighted by Crippen LogP contribution is -2.50. The van der Waals surface area contributed by atoms with Gasteiger partial charge in [-0.15, -0.1) is 0 Å². The van der Waals surface area contributed by atoms with E-state index in [2.05, 4.69) is 54.0 Å². The van der Waals surface area contributed by atoms with E-state index in [9.17, 15) is 5.26 Å². The van der Waals surface area contributed by atoms with Crippen molar-refractivity contribution < 1.29 is 0 Å². The molecule has 19 heavy (non-hydrogen) atoms. The van der Waals surface area contributed by atoms with E-state index in [-0.39, 0.29) is 6.04 Å². The minimum atomic E-state index is 0.102. The third-order valence-electron chi connectivity index (χ3n) is 3.87. The first-order valence-corrected chi connectivity index (χ1v) is 7.20. The van der Waals surface area contributed by atoms with Crippen molar-refractivity contribution >= 4 is 5.69 Å². The molecule has 1 unspecified atom stereocenters. The second kappa shape index (κ2) is 6.58. The topological polar surface area (TPSA) is 30.3 Å². The number of rotatable bonds is 4. The second-order valence-electron chi connectivity index (χ2n) is 5.29. The summed E-state index contributed by atoms with van der Waals surface area (Å²) in [6.45, 7) is 8.28. The van der Waals surface area contributed by atoms with Crippen molar-refractivity contribution in [1.29, 1.82) is 5.26 Å². The molecule has 0 aliphatic carbocycles. The minimum absolute atomic E-state index is 0.102. The Bertz CT molecular complexity index is 424. The van der Waals surface area contributed by atoms with Gasteiger partial charge in [-0.2, -0.15) is 5.26 Å². The summed E-state index contributed by atoms with van der Waals surface area (Å²) in [5.41, 5.74) is 2.60. The van der Waals surface area contributed by atoms with Gasteiger partial charge in [-0.25, -0.2) is 0 Å². The van der Waals surface area contributed by atoms with Crippen LogP contribution in [-0.4, -0.2) is 37.1 Å². The highest BCUT2D eigenvalue weighted by atomic mass is 15.3. The SMILES string of the molecule is CCCC(C#N)N1CCN(c2ccc(C)cc2)CC1. The fourth-order valence-electron chi connectivity index (χ4n) is 2.65. The summed E-state index contributed by atoms with van der Waals surface area (Å²) >= 11 is 0. The van der Waals surface area contributed by atoms with Crippen LogP contribution in [0.25, 0.3) is 0 Å². The van der Waals surface area contributed by atoms with Crippen LogP contribution in [0.15, 0.2) is 24.3 Å². The molecule has 1 aliphatic rings. The quantitative estimate of drug-likeness (QED) is 0.831. The molecule has 1 heterocycles. The minimum Gasteiger partial charge on any atom is -0.369 e. The molecular formula is C16H23N3. The van der Waals surface area contributed by atoms with Gasteiger partial charge in [0.05, 0.1) is 12.1 Å². The molecule has 0 radical (unpaired) electrons. The molecule has 3 nitrogen and oxygen atoms in total. The van der Waals surface area contributed by atoms with Gasteiger partial charge in [0.25, 0.3) is 0 Å². The maximum absolute atomic E-state index is 9.22. The van der Waals surface area contributed by atoms with Crippen molar-refractivity contribution in [2.75, 3.05) is 31.1 Å². The van der Waals surface area contributed by atoms with Crippen LogP contribution in [0.5, 0.6) is 0 Å². The highest BCUT2D eigenvalue weighted by molar-refractivity contribution is 5.47. The Kier molecular flexibility index (Phi) is 4.81. The first kappa shape index (κ1) is 13.9. The number of anilines is 1. The van der Waals surface area contributed by atoms with Gasteiger partial charge in [0.2, 0.25) is 0 Å². The lowest BCUT2D eigenvalue weighted by Gasteiger charge is -2.38. The van der Waals surface area contributed by atoms with E-state index >= 15 is 0 Å². The average molecular weight is 257 g/mol. The first-order chi connectivity index (χ1) is 9.24. The van der Waals surface area contributed by atoms with Crippen molar-refractivity contribution in [3.05, 3.63) is 29.8 Å². The number of nitriles is 1. The normalized spacial score (nSPS) is 18.1. The predicted molar refractivity (Wildman–Crippen MR) is 79.3 cm³/mol. The Labute approximate surface area is 116 Å². The van der Waals surface area contributed by atoms with Crippen molar-refractivity contribution in [2.24, 2.45) is 0 Å². The zero-order chi connectivity index (χ0) is 13.7. The van der Waals surface area contributed by atoms with Gasteiger partial charge in [-0.05, 0) is 25.5 Å². The lowest BCUT2D eigenvalue weighted by molar-refractivity contribution is 0.211. The highest BCUT2D eigenvalue weighted by Gasteiger charge is 2.22. The molecule has 0 spiro atoms. The van der Waals surface area contributed by atoms with Crippen molar-refractivity contribution in [1.82, 2.24) is 4.90 Å². The number of piperazine rings is 1. The largest absolute Gasteiger partial charge is 0.369 e. The Balaban J connectivity index is 1.92. The second-order valence-corrected chi connectivity index (χ2v) is 5.29. The molecule has 1 aliphatic heterocycles. The zero-order valence-electron chi connectivity index (χ0n) is 12.0. The van der Waals surface area contributed by atoms with Gasteiger partial charge in [0.15, 0.2) is 0 Å². The van der Waals surface area contributed by atoms with Gasteiger partial charge in [-0.1, -0.05) is 31.0 Å². The van der Waals surface area contributed by atoms with Crippen LogP contribution in [0, 0.1) is 18.3 Å². The maximum Gasteiger partial charge on any atom is 0.0979 e. The van der Waals surface area contributed by atoms with Crippen LogP contribution in [0.3, 0.4) is 0 Å². The van der Waals surface area contributed by atoms with Crippen LogP contribution < -0.4 is 4.90 Å². The zero-order valence-corrected chi connectivity index (χ0v) is 12.0. The van der Waals surface area contributed by atoms with Crippen molar-refractivity contribution in [3.8, 4) is 6.07 Å². The molecule has 0 N–H and O–H groups in total. The van der Waals surface area contributed by atoms with Crippen LogP contribution in [0.1, 0.15) is 25.3 Å². The summed E-state index contributed by atoms with van der Waals surface area (Å²) in [7, 11) is 0. The summed E-state index contributed by atoms with van der Waals surface area (Å²) in [6.07, 6.45) is 2.07. The summed E-state index contributed by atoms with van der Waals surface area (Å²) in [5, 5.41) is 9.22. The third-order valence-corrected chi connectivity index (χ3v) is 3.87. The monoisotopic (exact) mass is 257 g/mol. The first-order valence-electron chi connectivity index (χ1n) is 7.20. The summed E-state index contributed by atoms with van der Waals surface area (Å²) in [4.78, 5) is 4.74. The smallest absolute Gasteiger partial charge is 0.0979 e. The molecule has 3 heteroatoms. The number of nitrogens with zero attached hydrogens (tertiary/aromatic N) is 3. The number of aryl methyl sites for hydroxylation is 1. The predicted octanol–water partition coefficient (Wildman–Crippen LogP) is 2.81. The lowest BCUT2D eigenvalue weighted by atomic mass is 10.1. The fraction of sp³-hybridized carbons (Fsp3) is 0.562. The fourth-order valence-corrected chi connectivity index (χ4v) is 2.65. The molecule has 0 bridgehead atoms. The maximum atomic E-state index is 9.22. The molecule has 2 rings (SSSR count). The van der Waals surface area contributed by atoms with Crippen LogP contribution in [0.4, 0.5) is 5.69 Å². The Morgan fingerprint density at radius 1 is 1.16 bits per heavy atom. The van der Waals surface area contributed by atoms with Crippen LogP contribution >= 0.6 is 0 Å². The van der Waals surface area contributed by atoms with Gasteiger partial charge in [0.1, 0.15) is 0 Å². The van der Waals surface area contributed by atoms with E-state index in [0.29, 0.717) is 0 Å². The molecular weight excluding hydrogens is 234 g/mol. The van der Waals surface area contributed by atoms with Gasteiger partial charge >= 0.3 is 0 Å². The van der Waals surface area contributed by atoms with Gasteiger partial charge in [-0.3, -0.25) is 4.90 Å². The molecule has 0 amide bonds.